The molecular weight excluding hydrogens is 558 g/mol. The zero-order chi connectivity index (χ0) is 32.4. The molecule has 5 heteroatoms. The smallest absolute Gasteiger partial charge is 0.309 e. The Morgan fingerprint density at radius 3 is 2.36 bits per heavy atom. The Morgan fingerprint density at radius 2 is 1.67 bits per heavy atom. The monoisotopic (exact) mass is 609 g/mol. The summed E-state index contributed by atoms with van der Waals surface area (Å²) >= 11 is 0. The van der Waals surface area contributed by atoms with E-state index in [0.717, 1.165) is 41.3 Å². The lowest BCUT2D eigenvalue weighted by molar-refractivity contribution is -0.162. The molecule has 2 aromatic rings. The third-order valence-electron chi connectivity index (χ3n) is 12.5. The molecular formula is C40H51NO4. The van der Waals surface area contributed by atoms with E-state index < -0.39 is 16.8 Å². The molecule has 45 heavy (non-hydrogen) atoms. The van der Waals surface area contributed by atoms with Crippen molar-refractivity contribution in [1.82, 2.24) is 0 Å². The summed E-state index contributed by atoms with van der Waals surface area (Å²) in [5, 5.41) is 15.5. The maximum absolute atomic E-state index is 12.9. The summed E-state index contributed by atoms with van der Waals surface area (Å²) in [6.07, 6.45) is 12.7. The molecule has 4 aliphatic carbocycles. The molecule has 2 N–H and O–H groups in total. The van der Waals surface area contributed by atoms with E-state index in [9.17, 15) is 19.5 Å². The van der Waals surface area contributed by atoms with Crippen LogP contribution in [0.1, 0.15) is 98.5 Å². The molecule has 0 radical (unpaired) electrons. The second-order valence-electron chi connectivity index (χ2n) is 16.3. The van der Waals surface area contributed by atoms with Gasteiger partial charge in [0, 0.05) is 25.1 Å². The number of benzene rings is 2. The van der Waals surface area contributed by atoms with Gasteiger partial charge in [0.25, 0.3) is 0 Å². The summed E-state index contributed by atoms with van der Waals surface area (Å²) in [6.45, 7) is 13.4. The molecule has 1 heterocycles. The van der Waals surface area contributed by atoms with Gasteiger partial charge in [-0.3, -0.25) is 14.4 Å². The van der Waals surface area contributed by atoms with Crippen molar-refractivity contribution in [2.75, 3.05) is 11.9 Å². The third-order valence-corrected chi connectivity index (χ3v) is 12.5. The van der Waals surface area contributed by atoms with Crippen LogP contribution in [0.3, 0.4) is 0 Å². The van der Waals surface area contributed by atoms with Gasteiger partial charge in [-0.25, -0.2) is 0 Å². The number of hydrogen-bond acceptors (Lipinski definition) is 4. The van der Waals surface area contributed by atoms with Crippen molar-refractivity contribution < 1.29 is 19.5 Å². The minimum Gasteiger partial charge on any atom is -0.481 e. The fraction of sp³-hybridized carbons (Fsp3) is 0.575. The molecule has 4 atom stereocenters. The molecule has 0 amide bonds. The number of rotatable bonds is 2. The molecule has 2 fully saturated rings. The average Bonchev–Trinajstić information content (AvgIpc) is 2.99. The molecule has 0 saturated heterocycles. The van der Waals surface area contributed by atoms with Gasteiger partial charge in [-0.1, -0.05) is 89.1 Å². The number of carbonyl (C=O) groups is 3. The highest BCUT2D eigenvalue weighted by Crippen LogP contribution is 2.62. The Bertz CT molecular complexity index is 1590. The van der Waals surface area contributed by atoms with Crippen molar-refractivity contribution in [3.8, 4) is 0 Å². The van der Waals surface area contributed by atoms with Crippen molar-refractivity contribution >= 4 is 34.0 Å². The van der Waals surface area contributed by atoms with Crippen molar-refractivity contribution in [1.29, 1.82) is 0 Å². The van der Waals surface area contributed by atoms with Gasteiger partial charge < -0.3 is 10.4 Å². The van der Waals surface area contributed by atoms with E-state index in [1.165, 1.54) is 24.8 Å². The van der Waals surface area contributed by atoms with Gasteiger partial charge in [0.1, 0.15) is 17.0 Å². The predicted molar refractivity (Wildman–Crippen MR) is 181 cm³/mol. The zero-order valence-corrected chi connectivity index (χ0v) is 28.1. The number of carboxylic acids is 1. The molecule has 5 nitrogen and oxygen atoms in total. The number of allylic oxidation sites excluding steroid dienone is 4. The largest absolute Gasteiger partial charge is 0.481 e. The van der Waals surface area contributed by atoms with E-state index in [4.69, 9.17) is 0 Å². The van der Waals surface area contributed by atoms with Crippen LogP contribution in [-0.2, 0) is 20.8 Å². The molecule has 0 unspecified atom stereocenters. The van der Waals surface area contributed by atoms with Crippen LogP contribution >= 0.6 is 0 Å². The minimum absolute atomic E-state index is 0.102. The highest BCUT2D eigenvalue weighted by Gasteiger charge is 2.57. The standard InChI is InChI=1S/C20H21NO2.C20H30O2/c1-19(2)10-17(22)20(18(23)11-19)9-15-14-6-4-3-5-13(14)7-8-16(15)21-12-20;1-13(2)14-6-8-16-15(12-14)7-9-17-19(16,3)10-5-11-20(17,4)18(21)22/h3-8,21H,9-12H2,1-2H3;7,12-13,16-17H,5-6,8-11H2,1-4H3,(H,21,22)/t;16-,17+,19+,20+/m.0/s1. The van der Waals surface area contributed by atoms with Gasteiger partial charge in [0.05, 0.1) is 5.41 Å². The predicted octanol–water partition coefficient (Wildman–Crippen LogP) is 8.96. The van der Waals surface area contributed by atoms with Crippen molar-refractivity contribution in [3.05, 3.63) is 65.3 Å². The van der Waals surface area contributed by atoms with Crippen LogP contribution in [-0.4, -0.2) is 29.2 Å². The lowest BCUT2D eigenvalue weighted by atomic mass is 9.47. The van der Waals surface area contributed by atoms with E-state index in [-0.39, 0.29) is 28.3 Å². The van der Waals surface area contributed by atoms with Gasteiger partial charge in [-0.2, -0.15) is 0 Å². The maximum atomic E-state index is 12.9. The number of carbonyl (C=O) groups excluding carboxylic acids is 2. The van der Waals surface area contributed by atoms with Crippen LogP contribution in [0, 0.1) is 39.4 Å². The molecule has 240 valence electrons. The second-order valence-corrected chi connectivity index (χ2v) is 16.3. The first-order chi connectivity index (χ1) is 21.2. The summed E-state index contributed by atoms with van der Waals surface area (Å²) in [7, 11) is 0. The highest BCUT2D eigenvalue weighted by molar-refractivity contribution is 6.11. The van der Waals surface area contributed by atoms with Crippen LogP contribution in [0.4, 0.5) is 5.69 Å². The topological polar surface area (TPSA) is 83.5 Å². The minimum atomic E-state index is -0.868. The van der Waals surface area contributed by atoms with Crippen molar-refractivity contribution in [2.45, 2.75) is 99.3 Å². The average molecular weight is 610 g/mol. The molecule has 2 aromatic carbocycles. The quantitative estimate of drug-likeness (QED) is 0.332. The number of aliphatic carboxylic acids is 1. The lowest BCUT2D eigenvalue weighted by Gasteiger charge is -2.57. The van der Waals surface area contributed by atoms with Gasteiger partial charge in [0.2, 0.25) is 0 Å². The summed E-state index contributed by atoms with van der Waals surface area (Å²) in [4.78, 5) is 37.7. The Balaban J connectivity index is 0.000000159. The first-order valence-corrected chi connectivity index (χ1v) is 17.2. The summed E-state index contributed by atoms with van der Waals surface area (Å²) in [6, 6.07) is 12.3. The third kappa shape index (κ3) is 5.28. The van der Waals surface area contributed by atoms with E-state index >= 15 is 0 Å². The summed E-state index contributed by atoms with van der Waals surface area (Å²) in [5.74, 6) is 1.09. The van der Waals surface area contributed by atoms with Gasteiger partial charge in [-0.05, 0) is 102 Å². The molecule has 1 spiro atoms. The Hall–Kier alpha value is -3.21. The number of ketones is 2. The van der Waals surface area contributed by atoms with Crippen LogP contribution in [0.25, 0.3) is 10.8 Å². The number of fused-ring (bicyclic) bond motifs is 6. The first kappa shape index (κ1) is 31.8. The van der Waals surface area contributed by atoms with E-state index in [1.807, 2.05) is 32.9 Å². The number of anilines is 1. The molecule has 2 saturated carbocycles. The summed E-state index contributed by atoms with van der Waals surface area (Å²) in [5.41, 5.74) is 3.77. The molecule has 0 bridgehead atoms. The Labute approximate surface area is 268 Å². The Kier molecular flexibility index (Phi) is 7.93. The molecule has 7 rings (SSSR count). The second kappa shape index (κ2) is 11.2. The highest BCUT2D eigenvalue weighted by atomic mass is 16.4. The van der Waals surface area contributed by atoms with E-state index in [2.05, 4.69) is 62.5 Å². The van der Waals surface area contributed by atoms with Gasteiger partial charge in [-0.15, -0.1) is 0 Å². The zero-order valence-electron chi connectivity index (χ0n) is 28.1. The van der Waals surface area contributed by atoms with Crippen molar-refractivity contribution in [2.24, 2.45) is 39.4 Å². The number of hydrogen-bond donors (Lipinski definition) is 2. The molecule has 5 aliphatic rings. The van der Waals surface area contributed by atoms with Crippen molar-refractivity contribution in [3.63, 3.8) is 0 Å². The van der Waals surface area contributed by atoms with Crippen LogP contribution in [0.15, 0.2) is 59.7 Å². The fourth-order valence-electron chi connectivity index (χ4n) is 9.72. The SMILES string of the molecule is CC(C)C1=CC2=CC[C@@H]3[C@](C)(CCC[C@@]3(C)C(=O)O)[C@H]2CC1.CC1(C)CC(=O)C2(CNc3ccc4ccccc4c3C2)C(=O)C1. The number of Topliss-reactive ketones (excluding diaryl/α,β-unsaturated/α-hetero) is 2. The van der Waals surface area contributed by atoms with Crippen LogP contribution < -0.4 is 5.32 Å². The van der Waals surface area contributed by atoms with Gasteiger partial charge >= 0.3 is 5.97 Å². The van der Waals surface area contributed by atoms with Crippen LogP contribution in [0.2, 0.25) is 0 Å². The number of nitrogens with one attached hydrogen (secondary N) is 1. The van der Waals surface area contributed by atoms with E-state index in [0.29, 0.717) is 37.6 Å². The van der Waals surface area contributed by atoms with Crippen LogP contribution in [0.5, 0.6) is 0 Å². The maximum Gasteiger partial charge on any atom is 0.309 e. The molecule has 0 aromatic heterocycles. The Morgan fingerprint density at radius 1 is 0.956 bits per heavy atom. The molecule has 1 aliphatic heterocycles. The first-order valence-electron chi connectivity index (χ1n) is 17.2. The van der Waals surface area contributed by atoms with E-state index in [1.54, 1.807) is 5.57 Å². The number of carboxylic acid groups (broad SMARTS) is 1. The fourth-order valence-corrected chi connectivity index (χ4v) is 9.72. The lowest BCUT2D eigenvalue weighted by Crippen LogP contribution is -2.54. The normalized spacial score (nSPS) is 31.4. The van der Waals surface area contributed by atoms with Gasteiger partial charge in [0.15, 0.2) is 0 Å². The summed E-state index contributed by atoms with van der Waals surface area (Å²) < 4.78 is 0.